The summed E-state index contributed by atoms with van der Waals surface area (Å²) in [5.74, 6) is 0.0925. The second-order valence-electron chi connectivity index (χ2n) is 5.84. The number of halogens is 1. The normalized spacial score (nSPS) is 25.9. The molecule has 4 heteroatoms. The maximum absolute atomic E-state index is 13.9. The molecule has 0 amide bonds. The van der Waals surface area contributed by atoms with Crippen molar-refractivity contribution in [1.82, 2.24) is 5.32 Å². The fraction of sp³-hybridized carbons (Fsp3) is 0.625. The minimum Gasteiger partial charge on any atom is -0.487 e. The highest BCUT2D eigenvalue weighted by Gasteiger charge is 2.24. The molecule has 3 nitrogen and oxygen atoms in total. The molecule has 1 saturated carbocycles. The van der Waals surface area contributed by atoms with Crippen LogP contribution in [-0.2, 0) is 11.3 Å². The Hall–Kier alpha value is -1.13. The number of hydrogen-bond acceptors (Lipinski definition) is 3. The number of para-hydroxylation sites is 1. The third-order valence-electron chi connectivity index (χ3n) is 3.94. The Kier molecular flexibility index (Phi) is 4.22. The fourth-order valence-corrected chi connectivity index (χ4v) is 2.58. The van der Waals surface area contributed by atoms with E-state index in [-0.39, 0.29) is 11.9 Å². The van der Waals surface area contributed by atoms with Crippen LogP contribution in [0.2, 0.25) is 0 Å². The number of hydrogen-bond donors (Lipinski definition) is 1. The van der Waals surface area contributed by atoms with Crippen molar-refractivity contribution in [2.24, 2.45) is 0 Å². The Morgan fingerprint density at radius 3 is 2.85 bits per heavy atom. The molecule has 0 spiro atoms. The van der Waals surface area contributed by atoms with Gasteiger partial charge in [0.25, 0.3) is 0 Å². The molecular formula is C16H22FNO2. The van der Waals surface area contributed by atoms with Crippen molar-refractivity contribution in [3.05, 3.63) is 29.6 Å². The Bertz CT molecular complexity index is 462. The first-order chi connectivity index (χ1) is 9.72. The van der Waals surface area contributed by atoms with Gasteiger partial charge >= 0.3 is 0 Å². The maximum Gasteiger partial charge on any atom is 0.165 e. The van der Waals surface area contributed by atoms with E-state index in [0.29, 0.717) is 31.0 Å². The highest BCUT2D eigenvalue weighted by Crippen LogP contribution is 2.27. The van der Waals surface area contributed by atoms with E-state index in [1.54, 1.807) is 6.07 Å². The zero-order chi connectivity index (χ0) is 13.9. The molecule has 1 N–H and O–H groups in total. The summed E-state index contributed by atoms with van der Waals surface area (Å²) in [4.78, 5) is 0. The molecule has 1 aliphatic heterocycles. The summed E-state index contributed by atoms with van der Waals surface area (Å²) in [6.07, 6.45) is 4.87. The van der Waals surface area contributed by atoms with Gasteiger partial charge in [0, 0.05) is 18.2 Å². The molecule has 1 aromatic rings. The Morgan fingerprint density at radius 2 is 2.15 bits per heavy atom. The average molecular weight is 279 g/mol. The zero-order valence-corrected chi connectivity index (χ0v) is 11.9. The number of benzene rings is 1. The molecule has 2 aliphatic rings. The molecule has 0 aromatic heterocycles. The minimum atomic E-state index is -0.286. The highest BCUT2D eigenvalue weighted by molar-refractivity contribution is 5.35. The van der Waals surface area contributed by atoms with Crippen LogP contribution in [0, 0.1) is 5.82 Å². The van der Waals surface area contributed by atoms with Crippen molar-refractivity contribution in [2.45, 2.75) is 57.4 Å². The summed E-state index contributed by atoms with van der Waals surface area (Å²) < 4.78 is 25.4. The van der Waals surface area contributed by atoms with Crippen LogP contribution in [-0.4, -0.2) is 24.9 Å². The first-order valence-corrected chi connectivity index (χ1v) is 7.51. The van der Waals surface area contributed by atoms with Crippen molar-refractivity contribution in [3.8, 4) is 5.75 Å². The third-order valence-corrected chi connectivity index (χ3v) is 3.94. The first kappa shape index (κ1) is 13.8. The predicted molar refractivity (Wildman–Crippen MR) is 75.3 cm³/mol. The summed E-state index contributed by atoms with van der Waals surface area (Å²) in [7, 11) is 0. The van der Waals surface area contributed by atoms with E-state index in [1.165, 1.54) is 18.9 Å². The lowest BCUT2D eigenvalue weighted by Crippen LogP contribution is -2.20. The molecule has 0 bridgehead atoms. The molecule has 0 radical (unpaired) electrons. The minimum absolute atomic E-state index is 0.0915. The quantitative estimate of drug-likeness (QED) is 0.868. The van der Waals surface area contributed by atoms with E-state index >= 15 is 0 Å². The number of ether oxygens (including phenoxy) is 2. The molecule has 2 fully saturated rings. The Balaban J connectivity index is 1.60. The first-order valence-electron chi connectivity index (χ1n) is 7.51. The molecule has 20 heavy (non-hydrogen) atoms. The Morgan fingerprint density at radius 1 is 1.30 bits per heavy atom. The van der Waals surface area contributed by atoms with Gasteiger partial charge in [0.2, 0.25) is 0 Å². The molecule has 110 valence electrons. The zero-order valence-electron chi connectivity index (χ0n) is 11.9. The second-order valence-corrected chi connectivity index (χ2v) is 5.84. The topological polar surface area (TPSA) is 30.5 Å². The Labute approximate surface area is 119 Å². The van der Waals surface area contributed by atoms with E-state index in [2.05, 4.69) is 12.2 Å². The lowest BCUT2D eigenvalue weighted by molar-refractivity contribution is 0.0254. The van der Waals surface area contributed by atoms with Gasteiger partial charge in [-0.1, -0.05) is 12.1 Å². The van der Waals surface area contributed by atoms with Crippen LogP contribution in [0.15, 0.2) is 18.2 Å². The van der Waals surface area contributed by atoms with Crippen molar-refractivity contribution in [3.63, 3.8) is 0 Å². The van der Waals surface area contributed by atoms with Gasteiger partial charge in [0.15, 0.2) is 11.6 Å². The van der Waals surface area contributed by atoms with Crippen LogP contribution in [0.1, 0.15) is 38.2 Å². The molecule has 1 saturated heterocycles. The molecule has 2 unspecified atom stereocenters. The van der Waals surface area contributed by atoms with Crippen LogP contribution in [0.3, 0.4) is 0 Å². The van der Waals surface area contributed by atoms with Gasteiger partial charge < -0.3 is 14.8 Å². The molecule has 1 aromatic carbocycles. The van der Waals surface area contributed by atoms with Crippen LogP contribution < -0.4 is 10.1 Å². The lowest BCUT2D eigenvalue weighted by atomic mass is 10.2. The van der Waals surface area contributed by atoms with Crippen LogP contribution in [0.5, 0.6) is 5.75 Å². The van der Waals surface area contributed by atoms with Gasteiger partial charge in [-0.3, -0.25) is 0 Å². The van der Waals surface area contributed by atoms with Crippen molar-refractivity contribution in [1.29, 1.82) is 0 Å². The lowest BCUT2D eigenvalue weighted by Gasteiger charge is -2.16. The van der Waals surface area contributed by atoms with Gasteiger partial charge in [-0.05, 0) is 38.7 Å². The standard InChI is InChI=1S/C16H22FNO2/c1-11-5-8-14(20-11)10-19-16-12(3-2-4-15(16)17)9-18-13-6-7-13/h2-4,11,13-14,18H,5-10H2,1H3. The average Bonchev–Trinajstić information content (AvgIpc) is 3.17. The molecule has 1 aliphatic carbocycles. The largest absolute Gasteiger partial charge is 0.487 e. The smallest absolute Gasteiger partial charge is 0.165 e. The number of rotatable bonds is 6. The third kappa shape index (κ3) is 3.49. The van der Waals surface area contributed by atoms with E-state index < -0.39 is 0 Å². The maximum atomic E-state index is 13.9. The second kappa shape index (κ2) is 6.10. The van der Waals surface area contributed by atoms with Gasteiger partial charge in [0.05, 0.1) is 12.2 Å². The van der Waals surface area contributed by atoms with E-state index in [9.17, 15) is 4.39 Å². The highest BCUT2D eigenvalue weighted by atomic mass is 19.1. The molecule has 1 heterocycles. The van der Waals surface area contributed by atoms with Gasteiger partial charge in [-0.2, -0.15) is 0 Å². The van der Waals surface area contributed by atoms with Gasteiger partial charge in [-0.15, -0.1) is 0 Å². The van der Waals surface area contributed by atoms with Crippen molar-refractivity contribution >= 4 is 0 Å². The summed E-state index contributed by atoms with van der Waals surface area (Å²) in [6, 6.07) is 5.71. The van der Waals surface area contributed by atoms with Crippen LogP contribution in [0.4, 0.5) is 4.39 Å². The van der Waals surface area contributed by atoms with Crippen LogP contribution >= 0.6 is 0 Å². The summed E-state index contributed by atoms with van der Waals surface area (Å²) in [5, 5.41) is 3.40. The van der Waals surface area contributed by atoms with Crippen molar-refractivity contribution in [2.75, 3.05) is 6.61 Å². The van der Waals surface area contributed by atoms with Gasteiger partial charge in [0.1, 0.15) is 6.61 Å². The van der Waals surface area contributed by atoms with Gasteiger partial charge in [-0.25, -0.2) is 4.39 Å². The van der Waals surface area contributed by atoms with E-state index in [0.717, 1.165) is 18.4 Å². The predicted octanol–water partition coefficient (Wildman–Crippen LogP) is 3.02. The monoisotopic (exact) mass is 279 g/mol. The van der Waals surface area contributed by atoms with E-state index in [4.69, 9.17) is 9.47 Å². The summed E-state index contributed by atoms with van der Waals surface area (Å²) in [6.45, 7) is 3.16. The SMILES string of the molecule is CC1CCC(COc2c(F)cccc2CNC2CC2)O1. The van der Waals surface area contributed by atoms with E-state index in [1.807, 2.05) is 6.07 Å². The fourth-order valence-electron chi connectivity index (χ4n) is 2.58. The molecule has 2 atom stereocenters. The summed E-state index contributed by atoms with van der Waals surface area (Å²) >= 11 is 0. The molecular weight excluding hydrogens is 257 g/mol. The van der Waals surface area contributed by atoms with Crippen LogP contribution in [0.25, 0.3) is 0 Å². The molecule has 3 rings (SSSR count). The number of nitrogens with one attached hydrogen (secondary N) is 1. The van der Waals surface area contributed by atoms with Crippen molar-refractivity contribution < 1.29 is 13.9 Å². The summed E-state index contributed by atoms with van der Waals surface area (Å²) in [5.41, 5.74) is 0.892.